The molecule has 0 unspecified atom stereocenters. The molecule has 3 nitrogen and oxygen atoms in total. The molecule has 0 bridgehead atoms. The van der Waals surface area contributed by atoms with Crippen LogP contribution in [-0.2, 0) is 13.0 Å². The van der Waals surface area contributed by atoms with Gasteiger partial charge >= 0.3 is 0 Å². The molecule has 3 aromatic rings. The van der Waals surface area contributed by atoms with Gasteiger partial charge in [-0.25, -0.2) is 9.07 Å². The van der Waals surface area contributed by atoms with Crippen molar-refractivity contribution in [2.45, 2.75) is 26.3 Å². The van der Waals surface area contributed by atoms with Gasteiger partial charge in [0.25, 0.3) is 0 Å². The second-order valence-corrected chi connectivity index (χ2v) is 8.30. The van der Waals surface area contributed by atoms with Crippen molar-refractivity contribution in [3.63, 3.8) is 0 Å². The lowest BCUT2D eigenvalue weighted by Crippen LogP contribution is -2.45. The Hall–Kier alpha value is -2.72. The Morgan fingerprint density at radius 3 is 2.64 bits per heavy atom. The third-order valence-electron chi connectivity index (χ3n) is 6.14. The van der Waals surface area contributed by atoms with Crippen molar-refractivity contribution in [3.05, 3.63) is 89.0 Å². The largest absolute Gasteiger partial charge is 0.298 e. The van der Waals surface area contributed by atoms with E-state index in [4.69, 9.17) is 0 Å². The fourth-order valence-corrected chi connectivity index (χ4v) is 4.70. The number of benzene rings is 2. The first-order valence-electron chi connectivity index (χ1n) is 9.91. The molecule has 5 rings (SSSR count). The fourth-order valence-electron chi connectivity index (χ4n) is 4.70. The van der Waals surface area contributed by atoms with Crippen molar-refractivity contribution in [3.8, 4) is 5.69 Å². The van der Waals surface area contributed by atoms with E-state index in [1.807, 2.05) is 10.9 Å². The van der Waals surface area contributed by atoms with Crippen molar-refractivity contribution < 1.29 is 4.39 Å². The zero-order valence-electron chi connectivity index (χ0n) is 16.1. The number of aromatic nitrogens is 2. The Morgan fingerprint density at radius 1 is 1.07 bits per heavy atom. The maximum absolute atomic E-state index is 13.3. The number of hydrogen-bond acceptors (Lipinski definition) is 2. The number of fused-ring (bicyclic) bond motifs is 2. The van der Waals surface area contributed by atoms with Crippen LogP contribution < -0.4 is 0 Å². The molecule has 1 aliphatic heterocycles. The third kappa shape index (κ3) is 3.08. The van der Waals surface area contributed by atoms with Gasteiger partial charge in [0, 0.05) is 25.0 Å². The Kier molecular flexibility index (Phi) is 4.17. The summed E-state index contributed by atoms with van der Waals surface area (Å²) in [6, 6.07) is 17.3. The highest BCUT2D eigenvalue weighted by molar-refractivity contribution is 5.61. The zero-order valence-corrected chi connectivity index (χ0v) is 16.1. The molecular weight excluding hydrogens is 349 g/mol. The van der Waals surface area contributed by atoms with E-state index in [1.54, 1.807) is 12.1 Å². The smallest absolute Gasteiger partial charge is 0.123 e. The molecule has 1 saturated heterocycles. The minimum absolute atomic E-state index is 0.149. The van der Waals surface area contributed by atoms with Gasteiger partial charge in [0.15, 0.2) is 0 Å². The lowest BCUT2D eigenvalue weighted by molar-refractivity contribution is 0.146. The molecule has 2 heterocycles. The predicted octanol–water partition coefficient (Wildman–Crippen LogP) is 4.86. The molecule has 0 N–H and O–H groups in total. The first kappa shape index (κ1) is 17.4. The van der Waals surface area contributed by atoms with Crippen LogP contribution in [-0.4, -0.2) is 27.8 Å². The maximum Gasteiger partial charge on any atom is 0.123 e. The van der Waals surface area contributed by atoms with Crippen molar-refractivity contribution in [1.29, 1.82) is 0 Å². The number of rotatable bonds is 3. The molecule has 0 spiro atoms. The molecule has 2 aliphatic rings. The molecule has 1 fully saturated rings. The monoisotopic (exact) mass is 373 g/mol. The average molecular weight is 373 g/mol. The van der Waals surface area contributed by atoms with E-state index in [0.717, 1.165) is 43.9 Å². The zero-order chi connectivity index (χ0) is 19.1. The van der Waals surface area contributed by atoms with Gasteiger partial charge in [0.2, 0.25) is 0 Å². The van der Waals surface area contributed by atoms with E-state index in [9.17, 15) is 4.39 Å². The summed E-state index contributed by atoms with van der Waals surface area (Å²) in [6.07, 6.45) is 6.39. The number of nitrogens with zero attached hydrogens (tertiary/aromatic N) is 3. The van der Waals surface area contributed by atoms with E-state index in [-0.39, 0.29) is 11.2 Å². The molecule has 142 valence electrons. The molecule has 2 aromatic carbocycles. The first-order chi connectivity index (χ1) is 13.6. The van der Waals surface area contributed by atoms with Crippen LogP contribution in [0.2, 0.25) is 0 Å². The molecule has 0 amide bonds. The first-order valence-corrected chi connectivity index (χ1v) is 9.91. The second-order valence-electron chi connectivity index (χ2n) is 8.30. The summed E-state index contributed by atoms with van der Waals surface area (Å²) in [6.45, 7) is 5.53. The Labute approximate surface area is 165 Å². The van der Waals surface area contributed by atoms with Crippen LogP contribution in [0.1, 0.15) is 30.2 Å². The van der Waals surface area contributed by atoms with Gasteiger partial charge in [-0.1, -0.05) is 42.8 Å². The normalized spacial score (nSPS) is 21.7. The van der Waals surface area contributed by atoms with Crippen LogP contribution in [0.3, 0.4) is 0 Å². The summed E-state index contributed by atoms with van der Waals surface area (Å²) < 4.78 is 15.2. The Morgan fingerprint density at radius 2 is 1.86 bits per heavy atom. The van der Waals surface area contributed by atoms with Crippen molar-refractivity contribution in [2.24, 2.45) is 5.41 Å². The highest BCUT2D eigenvalue weighted by Gasteiger charge is 2.39. The third-order valence-corrected chi connectivity index (χ3v) is 6.14. The SMILES string of the molecule is C[C@]12Cc3cnn(-c4ccc(F)cc4)c3C=C1CCN(Cc1ccccc1)C2. The van der Waals surface area contributed by atoms with Crippen molar-refractivity contribution in [2.75, 3.05) is 13.1 Å². The van der Waals surface area contributed by atoms with Crippen LogP contribution in [0.25, 0.3) is 11.8 Å². The van der Waals surface area contributed by atoms with Gasteiger partial charge in [0.05, 0.1) is 17.6 Å². The summed E-state index contributed by atoms with van der Waals surface area (Å²) in [5, 5.41) is 4.61. The summed E-state index contributed by atoms with van der Waals surface area (Å²) in [7, 11) is 0. The van der Waals surface area contributed by atoms with Gasteiger partial charge in [-0.05, 0) is 54.3 Å². The molecule has 0 radical (unpaired) electrons. The van der Waals surface area contributed by atoms with E-state index in [1.165, 1.54) is 28.8 Å². The van der Waals surface area contributed by atoms with Crippen molar-refractivity contribution in [1.82, 2.24) is 14.7 Å². The van der Waals surface area contributed by atoms with Gasteiger partial charge in [-0.15, -0.1) is 0 Å². The quantitative estimate of drug-likeness (QED) is 0.654. The Balaban J connectivity index is 1.41. The molecule has 1 atom stereocenters. The maximum atomic E-state index is 13.3. The number of halogens is 1. The van der Waals surface area contributed by atoms with E-state index < -0.39 is 0 Å². The van der Waals surface area contributed by atoms with Gasteiger partial charge in [-0.3, -0.25) is 4.90 Å². The van der Waals surface area contributed by atoms with Crippen LogP contribution in [0.4, 0.5) is 4.39 Å². The van der Waals surface area contributed by atoms with E-state index >= 15 is 0 Å². The van der Waals surface area contributed by atoms with E-state index in [0.29, 0.717) is 0 Å². The summed E-state index contributed by atoms with van der Waals surface area (Å²) in [5.74, 6) is -0.221. The molecule has 28 heavy (non-hydrogen) atoms. The molecular formula is C24H24FN3. The number of likely N-dealkylation sites (tertiary alicyclic amines) is 1. The summed E-state index contributed by atoms with van der Waals surface area (Å²) in [4.78, 5) is 2.57. The van der Waals surface area contributed by atoms with Crippen molar-refractivity contribution >= 4 is 6.08 Å². The lowest BCUT2D eigenvalue weighted by atomic mass is 9.70. The summed E-state index contributed by atoms with van der Waals surface area (Å²) >= 11 is 0. The molecule has 1 aliphatic carbocycles. The molecule has 1 aromatic heterocycles. The van der Waals surface area contributed by atoms with Gasteiger partial charge in [-0.2, -0.15) is 5.10 Å². The van der Waals surface area contributed by atoms with Crippen LogP contribution in [0.15, 0.2) is 66.4 Å². The average Bonchev–Trinajstić information content (AvgIpc) is 3.09. The highest BCUT2D eigenvalue weighted by Crippen LogP contribution is 2.44. The predicted molar refractivity (Wildman–Crippen MR) is 110 cm³/mol. The molecule has 0 saturated carbocycles. The Bertz CT molecular complexity index is 1020. The number of piperidine rings is 1. The fraction of sp³-hybridized carbons (Fsp3) is 0.292. The second kappa shape index (κ2) is 6.71. The van der Waals surface area contributed by atoms with Gasteiger partial charge < -0.3 is 0 Å². The molecule has 4 heteroatoms. The van der Waals surface area contributed by atoms with Gasteiger partial charge in [0.1, 0.15) is 5.82 Å². The topological polar surface area (TPSA) is 21.1 Å². The minimum Gasteiger partial charge on any atom is -0.298 e. The summed E-state index contributed by atoms with van der Waals surface area (Å²) in [5.41, 5.74) is 6.36. The standard InChI is InChI=1S/C24H24FN3/c1-24-14-19-15-26-28(22-9-7-21(25)8-10-22)23(19)13-20(24)11-12-27(17-24)16-18-5-3-2-4-6-18/h2-10,13,15H,11-12,14,16-17H2,1H3/t24-/m1/s1. The van der Waals surface area contributed by atoms with Crippen LogP contribution in [0.5, 0.6) is 0 Å². The van der Waals surface area contributed by atoms with Crippen LogP contribution >= 0.6 is 0 Å². The lowest BCUT2D eigenvalue weighted by Gasteiger charge is -2.44. The van der Waals surface area contributed by atoms with E-state index in [2.05, 4.69) is 53.3 Å². The highest BCUT2D eigenvalue weighted by atomic mass is 19.1. The van der Waals surface area contributed by atoms with Crippen LogP contribution in [0, 0.1) is 11.2 Å². The number of hydrogen-bond donors (Lipinski definition) is 0. The minimum atomic E-state index is -0.221.